The number of nitrogens with one attached hydrogen (secondary N) is 1. The van der Waals surface area contributed by atoms with Crippen molar-refractivity contribution in [3.63, 3.8) is 0 Å². The minimum absolute atomic E-state index is 0.247. The third-order valence-electron chi connectivity index (χ3n) is 11.3. The van der Waals surface area contributed by atoms with Crippen LogP contribution in [0.3, 0.4) is 0 Å². The van der Waals surface area contributed by atoms with Crippen molar-refractivity contribution >= 4 is 5.91 Å². The SMILES string of the molecule is CCCCC/C=C\CCCCCCC(O)C(=O)NC(COC1OC(CO)C(O)C(O)C1O)C(O)C(O)CCCCCCCCCCCCCCCCCCCC. The number of aliphatic hydroxyl groups is 7. The number of aliphatic hydroxyl groups excluding tert-OH is 7. The van der Waals surface area contributed by atoms with Gasteiger partial charge in [-0.05, 0) is 38.5 Å². The lowest BCUT2D eigenvalue weighted by molar-refractivity contribution is -0.303. The van der Waals surface area contributed by atoms with Crippen molar-refractivity contribution in [1.82, 2.24) is 5.32 Å². The molecule has 9 atom stereocenters. The monoisotopic (exact) mass is 802 g/mol. The topological polar surface area (TPSA) is 189 Å². The molecule has 56 heavy (non-hydrogen) atoms. The number of hydrogen-bond donors (Lipinski definition) is 8. The highest BCUT2D eigenvalue weighted by atomic mass is 16.7. The molecule has 0 radical (unpaired) electrons. The fourth-order valence-corrected chi connectivity index (χ4v) is 7.43. The lowest BCUT2D eigenvalue weighted by Gasteiger charge is -2.40. The molecular weight excluding hydrogens is 714 g/mol. The zero-order chi connectivity index (χ0) is 41.2. The maximum atomic E-state index is 13.0. The third-order valence-corrected chi connectivity index (χ3v) is 11.3. The molecule has 1 heterocycles. The number of ether oxygens (including phenoxy) is 2. The first kappa shape index (κ1) is 52.9. The molecule has 9 unspecified atom stereocenters. The van der Waals surface area contributed by atoms with Gasteiger partial charge in [0, 0.05) is 0 Å². The van der Waals surface area contributed by atoms with E-state index in [9.17, 15) is 40.5 Å². The van der Waals surface area contributed by atoms with Gasteiger partial charge in [0.05, 0.1) is 25.4 Å². The Morgan fingerprint density at radius 2 is 1.04 bits per heavy atom. The van der Waals surface area contributed by atoms with Gasteiger partial charge in [0.2, 0.25) is 5.91 Å². The first-order valence-electron chi connectivity index (χ1n) is 23.1. The van der Waals surface area contributed by atoms with E-state index in [-0.39, 0.29) is 6.42 Å². The van der Waals surface area contributed by atoms with E-state index in [0.717, 1.165) is 51.4 Å². The summed E-state index contributed by atoms with van der Waals surface area (Å²) in [6, 6.07) is -1.17. The predicted molar refractivity (Wildman–Crippen MR) is 224 cm³/mol. The summed E-state index contributed by atoms with van der Waals surface area (Å²) in [5.41, 5.74) is 0. The second kappa shape index (κ2) is 35.8. The van der Waals surface area contributed by atoms with Gasteiger partial charge in [-0.3, -0.25) is 4.79 Å². The van der Waals surface area contributed by atoms with Crippen LogP contribution in [0.2, 0.25) is 0 Å². The van der Waals surface area contributed by atoms with Crippen molar-refractivity contribution in [2.24, 2.45) is 0 Å². The molecule has 0 bridgehead atoms. The van der Waals surface area contributed by atoms with Crippen LogP contribution in [0.4, 0.5) is 0 Å². The molecule has 1 aliphatic heterocycles. The fraction of sp³-hybridized carbons (Fsp3) is 0.933. The second-order valence-electron chi connectivity index (χ2n) is 16.5. The Morgan fingerprint density at radius 1 is 0.607 bits per heavy atom. The lowest BCUT2D eigenvalue weighted by Crippen LogP contribution is -2.60. The maximum absolute atomic E-state index is 13.0. The first-order chi connectivity index (χ1) is 27.2. The van der Waals surface area contributed by atoms with E-state index in [4.69, 9.17) is 9.47 Å². The largest absolute Gasteiger partial charge is 0.394 e. The van der Waals surface area contributed by atoms with E-state index in [1.807, 2.05) is 0 Å². The summed E-state index contributed by atoms with van der Waals surface area (Å²) in [5.74, 6) is -0.707. The highest BCUT2D eigenvalue weighted by Crippen LogP contribution is 2.23. The zero-order valence-corrected chi connectivity index (χ0v) is 35.6. The molecule has 0 saturated carbocycles. The van der Waals surface area contributed by atoms with Crippen LogP contribution < -0.4 is 5.32 Å². The minimum Gasteiger partial charge on any atom is -0.394 e. The highest BCUT2D eigenvalue weighted by molar-refractivity contribution is 5.80. The van der Waals surface area contributed by atoms with E-state index in [1.165, 1.54) is 109 Å². The molecule has 1 rings (SSSR count). The molecule has 332 valence electrons. The van der Waals surface area contributed by atoms with Crippen LogP contribution in [-0.2, 0) is 14.3 Å². The normalized spacial score (nSPS) is 22.3. The summed E-state index contributed by atoms with van der Waals surface area (Å²) in [6.45, 7) is 3.40. The Bertz CT molecular complexity index is 923. The summed E-state index contributed by atoms with van der Waals surface area (Å²) >= 11 is 0. The Labute approximate surface area is 341 Å². The Morgan fingerprint density at radius 3 is 1.54 bits per heavy atom. The summed E-state index contributed by atoms with van der Waals surface area (Å²) < 4.78 is 11.1. The van der Waals surface area contributed by atoms with Crippen molar-refractivity contribution in [1.29, 1.82) is 0 Å². The smallest absolute Gasteiger partial charge is 0.249 e. The van der Waals surface area contributed by atoms with Gasteiger partial charge in [0.15, 0.2) is 6.29 Å². The third kappa shape index (κ3) is 25.4. The molecule has 1 aliphatic rings. The molecule has 0 spiro atoms. The van der Waals surface area contributed by atoms with E-state index in [2.05, 4.69) is 31.3 Å². The van der Waals surface area contributed by atoms with Crippen molar-refractivity contribution in [2.75, 3.05) is 13.2 Å². The minimum atomic E-state index is -1.66. The van der Waals surface area contributed by atoms with Crippen LogP contribution >= 0.6 is 0 Å². The fourth-order valence-electron chi connectivity index (χ4n) is 7.43. The molecule has 0 aromatic rings. The average Bonchev–Trinajstić information content (AvgIpc) is 3.20. The second-order valence-corrected chi connectivity index (χ2v) is 16.5. The van der Waals surface area contributed by atoms with E-state index >= 15 is 0 Å². The zero-order valence-electron chi connectivity index (χ0n) is 35.6. The van der Waals surface area contributed by atoms with Crippen molar-refractivity contribution in [2.45, 2.75) is 255 Å². The number of unbranched alkanes of at least 4 members (excludes halogenated alkanes) is 24. The van der Waals surface area contributed by atoms with Gasteiger partial charge in [-0.2, -0.15) is 0 Å². The Kier molecular flexibility index (Phi) is 33.8. The molecule has 0 aromatic carbocycles. The van der Waals surface area contributed by atoms with E-state index in [1.54, 1.807) is 0 Å². The number of carbonyl (C=O) groups is 1. The van der Waals surface area contributed by atoms with E-state index in [0.29, 0.717) is 19.3 Å². The summed E-state index contributed by atoms with van der Waals surface area (Å²) in [5, 5.41) is 75.6. The summed E-state index contributed by atoms with van der Waals surface area (Å²) in [6.07, 6.45) is 25.5. The molecule has 1 fully saturated rings. The van der Waals surface area contributed by atoms with Crippen LogP contribution in [0.5, 0.6) is 0 Å². The molecule has 11 heteroatoms. The number of hydrogen-bond acceptors (Lipinski definition) is 10. The van der Waals surface area contributed by atoms with Gasteiger partial charge in [-0.15, -0.1) is 0 Å². The van der Waals surface area contributed by atoms with Gasteiger partial charge >= 0.3 is 0 Å². The molecule has 1 amide bonds. The van der Waals surface area contributed by atoms with Crippen LogP contribution in [0.1, 0.15) is 200 Å². The van der Waals surface area contributed by atoms with Crippen LogP contribution in [-0.4, -0.2) is 110 Å². The van der Waals surface area contributed by atoms with Crippen LogP contribution in [0, 0.1) is 0 Å². The molecule has 8 N–H and O–H groups in total. The van der Waals surface area contributed by atoms with E-state index < -0.39 is 74.2 Å². The number of rotatable bonds is 38. The molecule has 0 aliphatic carbocycles. The number of allylic oxidation sites excluding steroid dienone is 2. The molecule has 1 saturated heterocycles. The Balaban J connectivity index is 2.44. The van der Waals surface area contributed by atoms with Crippen LogP contribution in [0.15, 0.2) is 12.2 Å². The van der Waals surface area contributed by atoms with Crippen LogP contribution in [0.25, 0.3) is 0 Å². The van der Waals surface area contributed by atoms with Gasteiger partial charge in [-0.1, -0.05) is 174 Å². The maximum Gasteiger partial charge on any atom is 0.249 e. The van der Waals surface area contributed by atoms with Gasteiger partial charge in [-0.25, -0.2) is 0 Å². The van der Waals surface area contributed by atoms with Crippen molar-refractivity contribution in [3.05, 3.63) is 12.2 Å². The van der Waals surface area contributed by atoms with Gasteiger partial charge < -0.3 is 50.5 Å². The van der Waals surface area contributed by atoms with Gasteiger partial charge in [0.1, 0.15) is 36.6 Å². The summed E-state index contributed by atoms with van der Waals surface area (Å²) in [4.78, 5) is 13.0. The standard InChI is InChI=1S/C45H87NO10/c1-3-5-7-9-11-13-15-16-17-18-19-20-21-23-24-26-28-30-32-37(48)40(50)36(35-55-45-43(53)42(52)41(51)39(34-47)56-45)46-44(54)38(49)33-31-29-27-25-22-14-12-10-8-6-4-2/h12,14,36-43,45,47-53H,3-11,13,15-35H2,1-2H3,(H,46,54)/b14-12-. The molecular formula is C45H87NO10. The Hall–Kier alpha value is -1.15. The first-order valence-corrected chi connectivity index (χ1v) is 23.1. The van der Waals surface area contributed by atoms with Crippen molar-refractivity contribution in [3.8, 4) is 0 Å². The molecule has 0 aromatic heterocycles. The quantitative estimate of drug-likeness (QED) is 0.0233. The van der Waals surface area contributed by atoms with Crippen molar-refractivity contribution < 1.29 is 50.0 Å². The lowest BCUT2D eigenvalue weighted by atomic mass is 9.98. The summed E-state index contributed by atoms with van der Waals surface area (Å²) in [7, 11) is 0. The average molecular weight is 802 g/mol. The van der Waals surface area contributed by atoms with Gasteiger partial charge in [0.25, 0.3) is 0 Å². The number of amides is 1. The number of carbonyl (C=O) groups excluding carboxylic acids is 1. The highest BCUT2D eigenvalue weighted by Gasteiger charge is 2.44. The predicted octanol–water partition coefficient (Wildman–Crippen LogP) is 7.28. The molecule has 11 nitrogen and oxygen atoms in total.